The van der Waals surface area contributed by atoms with Gasteiger partial charge >= 0.3 is 0 Å². The summed E-state index contributed by atoms with van der Waals surface area (Å²) in [6.07, 6.45) is 0. The van der Waals surface area contributed by atoms with E-state index in [1.807, 2.05) is 142 Å². The van der Waals surface area contributed by atoms with Crippen LogP contribution >= 0.6 is 0 Å². The molecule has 8 heteroatoms. The number of nitrogens with zero attached hydrogens (tertiary/aromatic N) is 6. The molecule has 6 rings (SSSR count). The number of phenols is 2. The van der Waals surface area contributed by atoms with Crippen LogP contribution in [0.5, 0.6) is 11.5 Å². The molecule has 0 bridgehead atoms. The van der Waals surface area contributed by atoms with Gasteiger partial charge in [0.1, 0.15) is 44.9 Å². The third-order valence-electron chi connectivity index (χ3n) is 6.38. The Labute approximate surface area is 255 Å². The van der Waals surface area contributed by atoms with Crippen LogP contribution in [0.1, 0.15) is 80.4 Å². The average Bonchev–Trinajstić information content (AvgIpc) is 3.69. The van der Waals surface area contributed by atoms with E-state index in [1.165, 1.54) is 9.59 Å². The zero-order chi connectivity index (χ0) is 32.2. The summed E-state index contributed by atoms with van der Waals surface area (Å²) < 4.78 is 0. The first-order valence-corrected chi connectivity index (χ1v) is 15.2. The summed E-state index contributed by atoms with van der Waals surface area (Å²) in [7, 11) is 0. The molecule has 8 nitrogen and oxygen atoms in total. The van der Waals surface area contributed by atoms with Crippen molar-refractivity contribution in [3.8, 4) is 22.9 Å². The highest BCUT2D eigenvalue weighted by molar-refractivity contribution is 5.75. The molecule has 2 heterocycles. The van der Waals surface area contributed by atoms with Crippen LogP contribution in [0, 0.1) is 0 Å². The minimum absolute atomic E-state index is 0.0468. The van der Waals surface area contributed by atoms with Crippen molar-refractivity contribution in [2.24, 2.45) is 0 Å². The molecule has 2 N–H and O–H groups in total. The van der Waals surface area contributed by atoms with Gasteiger partial charge in [0.2, 0.25) is 0 Å². The van der Waals surface area contributed by atoms with Crippen molar-refractivity contribution in [1.82, 2.24) is 30.0 Å². The van der Waals surface area contributed by atoms with Crippen LogP contribution in [0.4, 0.5) is 0 Å². The molecular weight excluding hydrogens is 536 g/mol. The normalized spacial score (nSPS) is 10.3. The largest absolute Gasteiger partial charge is 0.505 e. The van der Waals surface area contributed by atoms with Crippen LogP contribution in [0.15, 0.2) is 84.9 Å². The molecule has 0 unspecified atom stereocenters. The SMILES string of the molecule is CC.CC.CC.CC.CC(C)(c1cccc(-n2nc3ccccc3n2)c1O)c1cccc(-n2nc3ccccc3n2)c1O. The standard InChI is InChI=1S/C27H22N6O2.4C2H6/c1-27(2,17-9-7-15-23(25(17)34)32-28-19-11-3-4-12-20(19)29-32)18-10-8-16-24(26(18)35)33-30-21-13-5-6-14-22(21)31-33;4*1-2/h3-16,34-35H,1-2H3;4*1-2H3. The fourth-order valence-corrected chi connectivity index (χ4v) is 4.47. The van der Waals surface area contributed by atoms with Crippen molar-refractivity contribution in [3.63, 3.8) is 0 Å². The molecule has 0 aliphatic heterocycles. The lowest BCUT2D eigenvalue weighted by Gasteiger charge is -2.28. The van der Waals surface area contributed by atoms with Gasteiger partial charge in [-0.05, 0) is 36.4 Å². The van der Waals surface area contributed by atoms with Gasteiger partial charge < -0.3 is 10.2 Å². The third kappa shape index (κ3) is 7.02. The maximum atomic E-state index is 11.3. The molecule has 0 fully saturated rings. The van der Waals surface area contributed by atoms with E-state index in [9.17, 15) is 10.2 Å². The van der Waals surface area contributed by atoms with Gasteiger partial charge in [0.25, 0.3) is 0 Å². The highest BCUT2D eigenvalue weighted by Gasteiger charge is 2.32. The molecule has 43 heavy (non-hydrogen) atoms. The summed E-state index contributed by atoms with van der Waals surface area (Å²) in [5.41, 5.74) is 4.36. The molecule has 0 aliphatic rings. The number of aromatic nitrogens is 6. The second-order valence-electron chi connectivity index (χ2n) is 8.93. The molecule has 4 aromatic carbocycles. The molecule has 0 spiro atoms. The van der Waals surface area contributed by atoms with Gasteiger partial charge in [-0.2, -0.15) is 0 Å². The summed E-state index contributed by atoms with van der Waals surface area (Å²) in [4.78, 5) is 2.88. The van der Waals surface area contributed by atoms with Gasteiger partial charge in [-0.15, -0.1) is 30.0 Å². The van der Waals surface area contributed by atoms with Crippen molar-refractivity contribution < 1.29 is 10.2 Å². The lowest BCUT2D eigenvalue weighted by Crippen LogP contribution is -2.20. The van der Waals surface area contributed by atoms with Gasteiger partial charge in [-0.3, -0.25) is 0 Å². The van der Waals surface area contributed by atoms with E-state index in [0.717, 1.165) is 22.1 Å². The number of para-hydroxylation sites is 2. The molecule has 0 atom stereocenters. The first kappa shape index (κ1) is 34.5. The monoisotopic (exact) mass is 582 g/mol. The summed E-state index contributed by atoms with van der Waals surface area (Å²) in [6, 6.07) is 26.0. The number of phenolic OH excluding ortho intramolecular Hbond substituents is 2. The zero-order valence-electron chi connectivity index (χ0n) is 27.2. The van der Waals surface area contributed by atoms with E-state index in [4.69, 9.17) is 0 Å². The van der Waals surface area contributed by atoms with Crippen molar-refractivity contribution in [1.29, 1.82) is 0 Å². The number of benzene rings is 4. The lowest BCUT2D eigenvalue weighted by atomic mass is 9.77. The highest BCUT2D eigenvalue weighted by atomic mass is 16.3. The van der Waals surface area contributed by atoms with Crippen molar-refractivity contribution in [2.75, 3.05) is 0 Å². The van der Waals surface area contributed by atoms with E-state index in [2.05, 4.69) is 20.4 Å². The van der Waals surface area contributed by atoms with Crippen LogP contribution < -0.4 is 0 Å². The maximum absolute atomic E-state index is 11.3. The van der Waals surface area contributed by atoms with Crippen molar-refractivity contribution >= 4 is 22.1 Å². The summed E-state index contributed by atoms with van der Waals surface area (Å²) >= 11 is 0. The molecule has 0 saturated heterocycles. The first-order chi connectivity index (χ1) is 20.9. The van der Waals surface area contributed by atoms with Crippen LogP contribution in [0.2, 0.25) is 0 Å². The summed E-state index contributed by atoms with van der Waals surface area (Å²) in [5, 5.41) is 40.7. The topological polar surface area (TPSA) is 102 Å². The first-order valence-electron chi connectivity index (χ1n) is 15.2. The molecule has 0 aliphatic carbocycles. The molecule has 0 amide bonds. The Bertz CT molecular complexity index is 1530. The molecule has 0 saturated carbocycles. The Balaban J connectivity index is 0.000000748. The van der Waals surface area contributed by atoms with Crippen LogP contribution in [-0.4, -0.2) is 40.2 Å². The fourth-order valence-electron chi connectivity index (χ4n) is 4.47. The zero-order valence-corrected chi connectivity index (χ0v) is 27.2. The Morgan fingerprint density at radius 1 is 0.442 bits per heavy atom. The Hall–Kier alpha value is -4.72. The van der Waals surface area contributed by atoms with E-state index < -0.39 is 5.41 Å². The quantitative estimate of drug-likeness (QED) is 0.215. The van der Waals surface area contributed by atoms with Gasteiger partial charge in [-0.25, -0.2) is 0 Å². The Morgan fingerprint density at radius 3 is 1.00 bits per heavy atom. The van der Waals surface area contributed by atoms with Crippen molar-refractivity contribution in [2.45, 2.75) is 74.7 Å². The predicted octanol–water partition coefficient (Wildman–Crippen LogP) is 9.00. The molecule has 2 aromatic heterocycles. The van der Waals surface area contributed by atoms with Crippen LogP contribution in [0.3, 0.4) is 0 Å². The Morgan fingerprint density at radius 2 is 0.721 bits per heavy atom. The summed E-state index contributed by atoms with van der Waals surface area (Å²) in [6.45, 7) is 19.9. The number of rotatable bonds is 4. The van der Waals surface area contributed by atoms with Crippen LogP contribution in [-0.2, 0) is 5.41 Å². The fraction of sp³-hybridized carbons (Fsp3) is 0.314. The van der Waals surface area contributed by atoms with Gasteiger partial charge in [0, 0.05) is 16.5 Å². The number of hydrogen-bond donors (Lipinski definition) is 2. The maximum Gasteiger partial charge on any atom is 0.147 e. The minimum atomic E-state index is -0.765. The van der Waals surface area contributed by atoms with Gasteiger partial charge in [0.05, 0.1) is 0 Å². The van der Waals surface area contributed by atoms with Crippen molar-refractivity contribution in [3.05, 3.63) is 96.1 Å². The molecular formula is C35H46N6O2. The average molecular weight is 583 g/mol. The van der Waals surface area contributed by atoms with E-state index in [0.29, 0.717) is 22.5 Å². The van der Waals surface area contributed by atoms with E-state index >= 15 is 0 Å². The smallest absolute Gasteiger partial charge is 0.147 e. The molecule has 228 valence electrons. The van der Waals surface area contributed by atoms with E-state index in [1.54, 1.807) is 12.1 Å². The predicted molar refractivity (Wildman–Crippen MR) is 179 cm³/mol. The van der Waals surface area contributed by atoms with Gasteiger partial charge in [-0.1, -0.05) is 118 Å². The van der Waals surface area contributed by atoms with Crippen LogP contribution in [0.25, 0.3) is 33.4 Å². The highest BCUT2D eigenvalue weighted by Crippen LogP contribution is 2.44. The number of hydrogen-bond acceptors (Lipinski definition) is 6. The second-order valence-corrected chi connectivity index (χ2v) is 8.93. The summed E-state index contributed by atoms with van der Waals surface area (Å²) in [5.74, 6) is 0.0936. The number of fused-ring (bicyclic) bond motifs is 2. The minimum Gasteiger partial charge on any atom is -0.505 e. The second kappa shape index (κ2) is 16.1. The Kier molecular flexibility index (Phi) is 12.9. The molecule has 6 aromatic rings. The van der Waals surface area contributed by atoms with E-state index in [-0.39, 0.29) is 11.5 Å². The van der Waals surface area contributed by atoms with Gasteiger partial charge in [0.15, 0.2) is 0 Å². The third-order valence-corrected chi connectivity index (χ3v) is 6.38. The number of aromatic hydroxyl groups is 2. The molecule has 0 radical (unpaired) electrons. The lowest BCUT2D eigenvalue weighted by molar-refractivity contribution is 0.429.